The number of ether oxygens (including phenoxy) is 1. The summed E-state index contributed by atoms with van der Waals surface area (Å²) in [5, 5.41) is 40.1. The summed E-state index contributed by atoms with van der Waals surface area (Å²) in [6.45, 7) is 1.47. The highest BCUT2D eigenvalue weighted by molar-refractivity contribution is 7.15. The van der Waals surface area contributed by atoms with Crippen molar-refractivity contribution in [2.45, 2.75) is 43.9 Å². The first-order chi connectivity index (χ1) is 14.9. The molecule has 0 unspecified atom stereocenters. The van der Waals surface area contributed by atoms with E-state index in [0.717, 1.165) is 26.4 Å². The zero-order valence-electron chi connectivity index (χ0n) is 17.0. The molecule has 4 N–H and O–H groups in total. The number of benzene rings is 2. The third kappa shape index (κ3) is 4.43. The van der Waals surface area contributed by atoms with Crippen molar-refractivity contribution in [1.82, 2.24) is 0 Å². The molecule has 0 spiro atoms. The zero-order valence-corrected chi connectivity index (χ0v) is 17.8. The van der Waals surface area contributed by atoms with Crippen LogP contribution in [0.5, 0.6) is 0 Å². The number of rotatable bonds is 5. The molecule has 1 fully saturated rings. The first-order valence-corrected chi connectivity index (χ1v) is 10.9. The first-order valence-electron chi connectivity index (χ1n) is 10.1. The van der Waals surface area contributed by atoms with Gasteiger partial charge in [-0.3, -0.25) is 0 Å². The number of thiophene rings is 1. The van der Waals surface area contributed by atoms with Crippen molar-refractivity contribution in [3.05, 3.63) is 82.0 Å². The van der Waals surface area contributed by atoms with Crippen LogP contribution in [-0.2, 0) is 11.2 Å². The van der Waals surface area contributed by atoms with Crippen LogP contribution in [0.3, 0.4) is 0 Å². The van der Waals surface area contributed by atoms with E-state index in [4.69, 9.17) is 4.74 Å². The zero-order chi connectivity index (χ0) is 22.1. The van der Waals surface area contributed by atoms with E-state index in [2.05, 4.69) is 0 Å². The second-order valence-corrected chi connectivity index (χ2v) is 9.00. The SMILES string of the molecule is Cc1c(Cc2ccc(-c3ccc(F)cc3)s2)cccc1[C@@H]1O[C@H](CO)[C@@H](O)[C@H](O)[C@H]1O. The highest BCUT2D eigenvalue weighted by Gasteiger charge is 2.44. The standard InChI is InChI=1S/C24H25FO5S/c1-13-15(11-17-9-10-20(31-17)14-5-7-16(25)8-6-14)3-2-4-18(13)24-23(29)22(28)21(27)19(12-26)30-24/h2-10,19,21-24,26-29H,11-12H2,1H3/t19-,21-,22+,23-,24+/m1/s1. The highest BCUT2D eigenvalue weighted by Crippen LogP contribution is 2.36. The number of hydrogen-bond donors (Lipinski definition) is 4. The van der Waals surface area contributed by atoms with Gasteiger partial charge in [-0.05, 0) is 53.4 Å². The molecule has 1 saturated heterocycles. The second kappa shape index (κ2) is 9.16. The number of aliphatic hydroxyl groups is 4. The molecule has 4 rings (SSSR count). The van der Waals surface area contributed by atoms with E-state index in [1.54, 1.807) is 23.5 Å². The molecule has 0 bridgehead atoms. The van der Waals surface area contributed by atoms with Crippen LogP contribution < -0.4 is 0 Å². The predicted octanol–water partition coefficient (Wildman–Crippen LogP) is 2.97. The molecule has 2 heterocycles. The van der Waals surface area contributed by atoms with E-state index in [-0.39, 0.29) is 5.82 Å². The molecule has 1 aliphatic heterocycles. The van der Waals surface area contributed by atoms with Crippen LogP contribution in [0.1, 0.15) is 27.7 Å². The predicted molar refractivity (Wildman–Crippen MR) is 116 cm³/mol. The normalized spacial score (nSPS) is 26.2. The monoisotopic (exact) mass is 444 g/mol. The quantitative estimate of drug-likeness (QED) is 0.486. The topological polar surface area (TPSA) is 90.2 Å². The molecular formula is C24H25FO5S. The molecule has 5 atom stereocenters. The number of halogens is 1. The maximum absolute atomic E-state index is 13.2. The van der Waals surface area contributed by atoms with Gasteiger partial charge in [-0.2, -0.15) is 0 Å². The largest absolute Gasteiger partial charge is 0.394 e. The Morgan fingerprint density at radius 1 is 0.935 bits per heavy atom. The molecule has 5 nitrogen and oxygen atoms in total. The summed E-state index contributed by atoms with van der Waals surface area (Å²) < 4.78 is 18.9. The Bertz CT molecular complexity index is 1030. The molecule has 164 valence electrons. The third-order valence-electron chi connectivity index (χ3n) is 5.84. The van der Waals surface area contributed by atoms with Crippen LogP contribution in [0, 0.1) is 12.7 Å². The molecule has 1 aromatic heterocycles. The Morgan fingerprint density at radius 3 is 2.39 bits per heavy atom. The minimum Gasteiger partial charge on any atom is -0.394 e. The van der Waals surface area contributed by atoms with Gasteiger partial charge in [-0.15, -0.1) is 11.3 Å². The molecule has 2 aromatic carbocycles. The van der Waals surface area contributed by atoms with Crippen molar-refractivity contribution in [3.8, 4) is 10.4 Å². The van der Waals surface area contributed by atoms with Crippen LogP contribution in [0.2, 0.25) is 0 Å². The van der Waals surface area contributed by atoms with Gasteiger partial charge in [-0.1, -0.05) is 30.3 Å². The van der Waals surface area contributed by atoms with Gasteiger partial charge in [0.25, 0.3) is 0 Å². The molecule has 3 aromatic rings. The lowest BCUT2D eigenvalue weighted by Crippen LogP contribution is -2.55. The molecule has 0 amide bonds. The van der Waals surface area contributed by atoms with Gasteiger partial charge in [0, 0.05) is 16.2 Å². The smallest absolute Gasteiger partial charge is 0.123 e. The van der Waals surface area contributed by atoms with E-state index < -0.39 is 37.1 Å². The lowest BCUT2D eigenvalue weighted by atomic mass is 9.87. The van der Waals surface area contributed by atoms with Crippen LogP contribution in [0.4, 0.5) is 4.39 Å². The van der Waals surface area contributed by atoms with Crippen molar-refractivity contribution >= 4 is 11.3 Å². The van der Waals surface area contributed by atoms with Crippen molar-refractivity contribution in [2.24, 2.45) is 0 Å². The molecule has 0 radical (unpaired) electrons. The molecular weight excluding hydrogens is 419 g/mol. The Labute approximate surface area is 184 Å². The summed E-state index contributed by atoms with van der Waals surface area (Å²) in [5.41, 5.74) is 3.64. The summed E-state index contributed by atoms with van der Waals surface area (Å²) in [7, 11) is 0. The molecule has 0 aliphatic carbocycles. The first kappa shape index (κ1) is 22.1. The van der Waals surface area contributed by atoms with E-state index >= 15 is 0 Å². The van der Waals surface area contributed by atoms with Crippen LogP contribution in [0.25, 0.3) is 10.4 Å². The van der Waals surface area contributed by atoms with Crippen molar-refractivity contribution < 1.29 is 29.6 Å². The molecule has 7 heteroatoms. The van der Waals surface area contributed by atoms with Gasteiger partial charge >= 0.3 is 0 Å². The minimum absolute atomic E-state index is 0.263. The minimum atomic E-state index is -1.41. The average Bonchev–Trinajstić information content (AvgIpc) is 3.23. The van der Waals surface area contributed by atoms with Crippen LogP contribution >= 0.6 is 11.3 Å². The Balaban J connectivity index is 1.58. The average molecular weight is 445 g/mol. The van der Waals surface area contributed by atoms with Gasteiger partial charge in [0.05, 0.1) is 6.61 Å². The molecule has 1 aliphatic rings. The van der Waals surface area contributed by atoms with E-state index in [9.17, 15) is 24.8 Å². The van der Waals surface area contributed by atoms with Crippen molar-refractivity contribution in [1.29, 1.82) is 0 Å². The van der Waals surface area contributed by atoms with Gasteiger partial charge in [0.15, 0.2) is 0 Å². The van der Waals surface area contributed by atoms with E-state index in [0.29, 0.717) is 12.0 Å². The Kier molecular flexibility index (Phi) is 6.52. The van der Waals surface area contributed by atoms with Crippen LogP contribution in [0.15, 0.2) is 54.6 Å². The summed E-state index contributed by atoms with van der Waals surface area (Å²) in [4.78, 5) is 2.19. The summed E-state index contributed by atoms with van der Waals surface area (Å²) >= 11 is 1.63. The lowest BCUT2D eigenvalue weighted by Gasteiger charge is -2.40. The van der Waals surface area contributed by atoms with E-state index in [1.807, 2.05) is 37.3 Å². The fraction of sp³-hybridized carbons (Fsp3) is 0.333. The summed E-state index contributed by atoms with van der Waals surface area (Å²) in [6, 6.07) is 16.2. The van der Waals surface area contributed by atoms with Crippen LogP contribution in [-0.4, -0.2) is 51.4 Å². The second-order valence-electron chi connectivity index (χ2n) is 7.83. The van der Waals surface area contributed by atoms with Gasteiger partial charge in [0.2, 0.25) is 0 Å². The molecule has 0 saturated carbocycles. The summed E-state index contributed by atoms with van der Waals surface area (Å²) in [6.07, 6.45) is -5.22. The van der Waals surface area contributed by atoms with Crippen molar-refractivity contribution in [2.75, 3.05) is 6.61 Å². The molecule has 31 heavy (non-hydrogen) atoms. The maximum Gasteiger partial charge on any atom is 0.123 e. The highest BCUT2D eigenvalue weighted by atomic mass is 32.1. The maximum atomic E-state index is 13.2. The third-order valence-corrected chi connectivity index (χ3v) is 6.98. The van der Waals surface area contributed by atoms with Gasteiger partial charge in [0.1, 0.15) is 36.3 Å². The van der Waals surface area contributed by atoms with E-state index in [1.165, 1.54) is 12.1 Å². The van der Waals surface area contributed by atoms with Crippen molar-refractivity contribution in [3.63, 3.8) is 0 Å². The lowest BCUT2D eigenvalue weighted by molar-refractivity contribution is -0.231. The summed E-state index contributed by atoms with van der Waals surface area (Å²) in [5.74, 6) is -0.263. The van der Waals surface area contributed by atoms with Gasteiger partial charge in [-0.25, -0.2) is 4.39 Å². The number of hydrogen-bond acceptors (Lipinski definition) is 6. The van der Waals surface area contributed by atoms with Gasteiger partial charge < -0.3 is 25.2 Å². The Hall–Kier alpha value is -2.13. The fourth-order valence-corrected chi connectivity index (χ4v) is 5.03. The Morgan fingerprint density at radius 2 is 1.68 bits per heavy atom. The fourth-order valence-electron chi connectivity index (χ4n) is 3.99. The number of aliphatic hydroxyl groups excluding tert-OH is 4.